The fourth-order valence-corrected chi connectivity index (χ4v) is 4.20. The smallest absolute Gasteiger partial charge is 0.257 e. The molecule has 0 saturated heterocycles. The highest BCUT2D eigenvalue weighted by Gasteiger charge is 2.14. The van der Waals surface area contributed by atoms with Crippen molar-refractivity contribution in [1.82, 2.24) is 25.1 Å². The summed E-state index contributed by atoms with van der Waals surface area (Å²) in [4.78, 5) is 17.4. The lowest BCUT2D eigenvalue weighted by Crippen LogP contribution is -2.25. The summed E-state index contributed by atoms with van der Waals surface area (Å²) in [5.41, 5.74) is 4.03. The molecule has 5 aromatic rings. The van der Waals surface area contributed by atoms with E-state index >= 15 is 0 Å². The van der Waals surface area contributed by atoms with Gasteiger partial charge in [-0.1, -0.05) is 60.3 Å². The van der Waals surface area contributed by atoms with Crippen molar-refractivity contribution in [3.8, 4) is 5.69 Å². The first-order chi connectivity index (χ1) is 15.8. The van der Waals surface area contributed by atoms with Crippen molar-refractivity contribution in [3.63, 3.8) is 0 Å². The molecule has 0 spiro atoms. The van der Waals surface area contributed by atoms with Gasteiger partial charge < -0.3 is 9.73 Å². The number of nitrogens with zero attached hydrogens (tertiary/aromatic N) is 4. The van der Waals surface area contributed by atoms with Crippen LogP contribution < -0.4 is 5.32 Å². The Morgan fingerprint density at radius 1 is 0.969 bits per heavy atom. The molecular weight excluding hydrogens is 422 g/mol. The molecule has 2 aromatic heterocycles. The lowest BCUT2D eigenvalue weighted by Gasteiger charge is -2.10. The fourth-order valence-electron chi connectivity index (χ4n) is 3.36. The summed E-state index contributed by atoms with van der Waals surface area (Å²) in [6, 6.07) is 25.0. The predicted octanol–water partition coefficient (Wildman–Crippen LogP) is 4.63. The van der Waals surface area contributed by atoms with Crippen LogP contribution in [0.4, 0.5) is 0 Å². The molecule has 32 heavy (non-hydrogen) atoms. The van der Waals surface area contributed by atoms with Crippen LogP contribution in [0.2, 0.25) is 0 Å². The minimum atomic E-state index is -0.165. The Labute approximate surface area is 188 Å². The molecule has 0 atom stereocenters. The second-order valence-electron chi connectivity index (χ2n) is 7.03. The standard InChI is InChI=1S/C24H19N5O2S/c30-23(25-14-22-28-26-16-29(22)18-9-2-1-3-10-18)19-11-5-4-8-17(19)15-32-24-27-20-12-6-7-13-21(20)31-24/h1-13,16H,14-15H2,(H,25,30). The van der Waals surface area contributed by atoms with Crippen molar-refractivity contribution in [2.75, 3.05) is 0 Å². The lowest BCUT2D eigenvalue weighted by atomic mass is 10.1. The maximum Gasteiger partial charge on any atom is 0.257 e. The molecule has 2 heterocycles. The molecule has 0 saturated carbocycles. The van der Waals surface area contributed by atoms with Crippen LogP contribution in [0.3, 0.4) is 0 Å². The number of fused-ring (bicyclic) bond motifs is 1. The van der Waals surface area contributed by atoms with Gasteiger partial charge in [-0.2, -0.15) is 0 Å². The van der Waals surface area contributed by atoms with Gasteiger partial charge in [0, 0.05) is 17.0 Å². The van der Waals surface area contributed by atoms with Crippen LogP contribution in [-0.2, 0) is 12.3 Å². The number of oxazole rings is 1. The highest BCUT2D eigenvalue weighted by atomic mass is 32.2. The quantitative estimate of drug-likeness (QED) is 0.371. The maximum absolute atomic E-state index is 12.9. The lowest BCUT2D eigenvalue weighted by molar-refractivity contribution is 0.0949. The summed E-state index contributed by atoms with van der Waals surface area (Å²) in [6.45, 7) is 0.264. The van der Waals surface area contributed by atoms with Gasteiger partial charge in [0.25, 0.3) is 11.1 Å². The van der Waals surface area contributed by atoms with Gasteiger partial charge in [-0.25, -0.2) is 4.98 Å². The third-order valence-electron chi connectivity index (χ3n) is 4.95. The Morgan fingerprint density at radius 3 is 2.62 bits per heavy atom. The second-order valence-corrected chi connectivity index (χ2v) is 7.96. The summed E-state index contributed by atoms with van der Waals surface area (Å²) < 4.78 is 7.63. The summed E-state index contributed by atoms with van der Waals surface area (Å²) in [7, 11) is 0. The third kappa shape index (κ3) is 4.26. The number of nitrogens with one attached hydrogen (secondary N) is 1. The van der Waals surface area contributed by atoms with Crippen molar-refractivity contribution in [2.45, 2.75) is 17.5 Å². The van der Waals surface area contributed by atoms with E-state index in [9.17, 15) is 4.79 Å². The number of hydrogen-bond acceptors (Lipinski definition) is 6. The zero-order valence-electron chi connectivity index (χ0n) is 17.0. The van der Waals surface area contributed by atoms with Crippen LogP contribution in [-0.4, -0.2) is 25.7 Å². The molecule has 0 unspecified atom stereocenters. The van der Waals surface area contributed by atoms with E-state index in [0.29, 0.717) is 22.4 Å². The van der Waals surface area contributed by atoms with E-state index in [1.54, 1.807) is 6.33 Å². The Balaban J connectivity index is 1.27. The molecule has 0 aliphatic rings. The number of hydrogen-bond donors (Lipinski definition) is 1. The first-order valence-corrected chi connectivity index (χ1v) is 11.1. The van der Waals surface area contributed by atoms with E-state index in [2.05, 4.69) is 20.5 Å². The highest BCUT2D eigenvalue weighted by molar-refractivity contribution is 7.98. The number of rotatable bonds is 7. The molecule has 8 heteroatoms. The second kappa shape index (κ2) is 9.07. The SMILES string of the molecule is O=C(NCc1nncn1-c1ccccc1)c1ccccc1CSc1nc2ccccc2o1. The average molecular weight is 442 g/mol. The predicted molar refractivity (Wildman–Crippen MR) is 123 cm³/mol. The van der Waals surface area contributed by atoms with Crippen LogP contribution in [0.15, 0.2) is 94.8 Å². The Morgan fingerprint density at radius 2 is 1.75 bits per heavy atom. The first kappa shape index (κ1) is 20.0. The summed E-state index contributed by atoms with van der Waals surface area (Å²) >= 11 is 1.46. The summed E-state index contributed by atoms with van der Waals surface area (Å²) in [5.74, 6) is 1.06. The monoisotopic (exact) mass is 441 g/mol. The number of benzene rings is 3. The van der Waals surface area contributed by atoms with Crippen LogP contribution in [0.5, 0.6) is 0 Å². The van der Waals surface area contributed by atoms with Gasteiger partial charge in [0.2, 0.25) is 0 Å². The third-order valence-corrected chi connectivity index (χ3v) is 5.82. The zero-order valence-corrected chi connectivity index (χ0v) is 17.8. The highest BCUT2D eigenvalue weighted by Crippen LogP contribution is 2.27. The van der Waals surface area contributed by atoms with Crippen molar-refractivity contribution >= 4 is 28.8 Å². The van der Waals surface area contributed by atoms with Gasteiger partial charge >= 0.3 is 0 Å². The topological polar surface area (TPSA) is 85.8 Å². The molecule has 3 aromatic carbocycles. The van der Waals surface area contributed by atoms with Gasteiger partial charge in [-0.05, 0) is 35.9 Å². The molecule has 0 fully saturated rings. The van der Waals surface area contributed by atoms with E-state index in [-0.39, 0.29) is 12.5 Å². The van der Waals surface area contributed by atoms with Crippen LogP contribution >= 0.6 is 11.8 Å². The molecule has 0 bridgehead atoms. The fraction of sp³-hybridized carbons (Fsp3) is 0.0833. The van der Waals surface area contributed by atoms with E-state index in [1.807, 2.05) is 83.4 Å². The molecular formula is C24H19N5O2S. The largest absolute Gasteiger partial charge is 0.431 e. The molecule has 0 radical (unpaired) electrons. The van der Waals surface area contributed by atoms with Gasteiger partial charge in [0.05, 0.1) is 6.54 Å². The molecule has 5 rings (SSSR count). The van der Waals surface area contributed by atoms with Gasteiger partial charge in [-0.3, -0.25) is 9.36 Å². The normalized spacial score (nSPS) is 11.0. The maximum atomic E-state index is 12.9. The molecule has 1 N–H and O–H groups in total. The molecule has 0 aliphatic heterocycles. The Hall–Kier alpha value is -3.91. The number of carbonyl (C=O) groups is 1. The number of thioether (sulfide) groups is 1. The summed E-state index contributed by atoms with van der Waals surface area (Å²) in [5, 5.41) is 11.7. The number of para-hydroxylation sites is 3. The average Bonchev–Trinajstić information content (AvgIpc) is 3.48. The van der Waals surface area contributed by atoms with Crippen molar-refractivity contribution in [2.24, 2.45) is 0 Å². The first-order valence-electron chi connectivity index (χ1n) is 10.1. The number of aromatic nitrogens is 4. The molecule has 0 aliphatic carbocycles. The van der Waals surface area contributed by atoms with E-state index in [4.69, 9.17) is 4.42 Å². The molecule has 7 nitrogen and oxygen atoms in total. The summed E-state index contributed by atoms with van der Waals surface area (Å²) in [6.07, 6.45) is 1.64. The minimum absolute atomic E-state index is 0.165. The zero-order chi connectivity index (χ0) is 21.8. The molecule has 1 amide bonds. The Kier molecular flexibility index (Phi) is 5.67. The van der Waals surface area contributed by atoms with E-state index < -0.39 is 0 Å². The number of carbonyl (C=O) groups excluding carboxylic acids is 1. The van der Waals surface area contributed by atoms with Gasteiger partial charge in [-0.15, -0.1) is 10.2 Å². The van der Waals surface area contributed by atoms with Gasteiger partial charge in [0.1, 0.15) is 11.8 Å². The number of amides is 1. The van der Waals surface area contributed by atoms with Crippen LogP contribution in [0.25, 0.3) is 16.8 Å². The Bertz CT molecular complexity index is 1330. The molecule has 158 valence electrons. The van der Waals surface area contributed by atoms with Gasteiger partial charge in [0.15, 0.2) is 11.4 Å². The van der Waals surface area contributed by atoms with E-state index in [1.165, 1.54) is 11.8 Å². The van der Waals surface area contributed by atoms with Crippen molar-refractivity contribution in [1.29, 1.82) is 0 Å². The minimum Gasteiger partial charge on any atom is -0.431 e. The van der Waals surface area contributed by atoms with Crippen molar-refractivity contribution in [3.05, 3.63) is 102 Å². The van der Waals surface area contributed by atoms with Crippen LogP contribution in [0, 0.1) is 0 Å². The van der Waals surface area contributed by atoms with E-state index in [0.717, 1.165) is 22.4 Å². The van der Waals surface area contributed by atoms with Crippen LogP contribution in [0.1, 0.15) is 21.7 Å². The van der Waals surface area contributed by atoms with Crippen molar-refractivity contribution < 1.29 is 9.21 Å².